The molecule has 0 aromatic heterocycles. The van der Waals surface area contributed by atoms with Gasteiger partial charge >= 0.3 is 0 Å². The van der Waals surface area contributed by atoms with Crippen molar-refractivity contribution in [2.24, 2.45) is 0 Å². The van der Waals surface area contributed by atoms with Crippen LogP contribution in [0.3, 0.4) is 0 Å². The number of carbonyl (C=O) groups excluding carboxylic acids is 1. The summed E-state index contributed by atoms with van der Waals surface area (Å²) in [6, 6.07) is 2.85. The van der Waals surface area contributed by atoms with Crippen LogP contribution < -0.4 is 0 Å². The van der Waals surface area contributed by atoms with Gasteiger partial charge in [0.1, 0.15) is 0 Å². The largest absolute Gasteiger partial charge is 0.294 e. The monoisotopic (exact) mass is 369 g/mol. The molecule has 0 bridgehead atoms. The van der Waals surface area contributed by atoms with Gasteiger partial charge in [-0.1, -0.05) is 0 Å². The van der Waals surface area contributed by atoms with Gasteiger partial charge in [0.25, 0.3) is 5.69 Å². The van der Waals surface area contributed by atoms with E-state index in [4.69, 9.17) is 0 Å². The lowest BCUT2D eigenvalue weighted by Crippen LogP contribution is -1.98. The SMILES string of the molecule is CC(=O)c1cc(I)c([N+](=O)[O-])cc1Br. The molecule has 1 aromatic rings. The Morgan fingerprint density at radius 1 is 1.57 bits per heavy atom. The van der Waals surface area contributed by atoms with Crippen LogP contribution in [-0.2, 0) is 0 Å². The molecule has 1 aromatic carbocycles. The number of Topliss-reactive ketones (excluding diaryl/α,β-unsaturated/α-hetero) is 1. The number of carbonyl (C=O) groups is 1. The minimum absolute atomic E-state index is 0.00229. The normalized spacial score (nSPS) is 9.93. The van der Waals surface area contributed by atoms with Crippen molar-refractivity contribution < 1.29 is 9.72 Å². The topological polar surface area (TPSA) is 60.2 Å². The highest BCUT2D eigenvalue weighted by Crippen LogP contribution is 2.28. The first kappa shape index (κ1) is 11.6. The van der Waals surface area contributed by atoms with Crippen molar-refractivity contribution in [2.45, 2.75) is 6.92 Å². The smallest absolute Gasteiger partial charge is 0.283 e. The first-order valence-corrected chi connectivity index (χ1v) is 5.45. The Labute approximate surface area is 102 Å². The Balaban J connectivity index is 3.38. The van der Waals surface area contributed by atoms with Crippen molar-refractivity contribution in [1.29, 1.82) is 0 Å². The predicted octanol–water partition coefficient (Wildman–Crippen LogP) is 3.16. The molecule has 0 saturated heterocycles. The summed E-state index contributed by atoms with van der Waals surface area (Å²) in [5.41, 5.74) is 0.461. The zero-order valence-corrected chi connectivity index (χ0v) is 10.8. The minimum Gasteiger partial charge on any atom is -0.294 e. The van der Waals surface area contributed by atoms with Crippen LogP contribution in [0.4, 0.5) is 5.69 Å². The second-order valence-electron chi connectivity index (χ2n) is 2.60. The van der Waals surface area contributed by atoms with Crippen molar-refractivity contribution in [2.75, 3.05) is 0 Å². The van der Waals surface area contributed by atoms with Crippen molar-refractivity contribution in [1.82, 2.24) is 0 Å². The number of rotatable bonds is 2. The molecule has 0 aliphatic rings. The molecular weight excluding hydrogens is 365 g/mol. The van der Waals surface area contributed by atoms with E-state index in [9.17, 15) is 14.9 Å². The fraction of sp³-hybridized carbons (Fsp3) is 0.125. The molecule has 1 rings (SSSR count). The first-order chi connectivity index (χ1) is 6.43. The number of hydrogen-bond acceptors (Lipinski definition) is 3. The highest BCUT2D eigenvalue weighted by Gasteiger charge is 2.16. The van der Waals surface area contributed by atoms with Gasteiger partial charge in [-0.2, -0.15) is 0 Å². The van der Waals surface area contributed by atoms with Gasteiger partial charge in [-0.05, 0) is 51.5 Å². The second kappa shape index (κ2) is 4.35. The molecule has 0 aliphatic heterocycles. The summed E-state index contributed by atoms with van der Waals surface area (Å²) in [5, 5.41) is 10.6. The van der Waals surface area contributed by atoms with E-state index >= 15 is 0 Å². The van der Waals surface area contributed by atoms with Gasteiger partial charge in [0.05, 0.1) is 8.49 Å². The van der Waals surface area contributed by atoms with E-state index in [0.29, 0.717) is 13.6 Å². The van der Waals surface area contributed by atoms with E-state index in [1.807, 2.05) is 22.6 Å². The lowest BCUT2D eigenvalue weighted by atomic mass is 10.1. The molecule has 0 saturated carbocycles. The molecule has 0 atom stereocenters. The Morgan fingerprint density at radius 2 is 2.14 bits per heavy atom. The van der Waals surface area contributed by atoms with Crippen LogP contribution in [0.2, 0.25) is 0 Å². The second-order valence-corrected chi connectivity index (χ2v) is 4.61. The van der Waals surface area contributed by atoms with Gasteiger partial charge in [-0.3, -0.25) is 14.9 Å². The summed E-state index contributed by atoms with van der Waals surface area (Å²) < 4.78 is 0.915. The van der Waals surface area contributed by atoms with E-state index in [0.717, 1.165) is 0 Å². The zero-order chi connectivity index (χ0) is 10.9. The predicted molar refractivity (Wildman–Crippen MR) is 63.5 cm³/mol. The average molecular weight is 370 g/mol. The molecule has 4 nitrogen and oxygen atoms in total. The van der Waals surface area contributed by atoms with Gasteiger partial charge < -0.3 is 0 Å². The number of ketones is 1. The summed E-state index contributed by atoms with van der Waals surface area (Å²) in [7, 11) is 0. The van der Waals surface area contributed by atoms with E-state index in [1.165, 1.54) is 19.1 Å². The number of benzene rings is 1. The molecule has 0 radical (unpaired) electrons. The lowest BCUT2D eigenvalue weighted by Gasteiger charge is -2.01. The maximum atomic E-state index is 11.1. The highest BCUT2D eigenvalue weighted by atomic mass is 127. The van der Waals surface area contributed by atoms with Crippen LogP contribution in [0.5, 0.6) is 0 Å². The Bertz CT molecular complexity index is 380. The van der Waals surface area contributed by atoms with Gasteiger partial charge in [0.2, 0.25) is 0 Å². The minimum atomic E-state index is -0.476. The Kier molecular flexibility index (Phi) is 3.59. The van der Waals surface area contributed by atoms with Crippen LogP contribution in [0, 0.1) is 13.7 Å². The fourth-order valence-electron chi connectivity index (χ4n) is 0.946. The van der Waals surface area contributed by atoms with E-state index < -0.39 is 4.92 Å². The van der Waals surface area contributed by atoms with E-state index in [-0.39, 0.29) is 11.5 Å². The third-order valence-electron chi connectivity index (χ3n) is 1.61. The molecule has 74 valence electrons. The average Bonchev–Trinajstić information content (AvgIpc) is 2.07. The zero-order valence-electron chi connectivity index (χ0n) is 7.08. The van der Waals surface area contributed by atoms with Gasteiger partial charge in [0, 0.05) is 16.1 Å². The molecule has 0 unspecified atom stereocenters. The highest BCUT2D eigenvalue weighted by molar-refractivity contribution is 14.1. The van der Waals surface area contributed by atoms with Gasteiger partial charge in [-0.25, -0.2) is 0 Å². The molecule has 6 heteroatoms. The molecule has 14 heavy (non-hydrogen) atoms. The summed E-state index contributed by atoms with van der Waals surface area (Å²) in [6.07, 6.45) is 0. The first-order valence-electron chi connectivity index (χ1n) is 3.58. The molecule has 0 spiro atoms. The molecule has 0 amide bonds. The fourth-order valence-corrected chi connectivity index (χ4v) is 2.22. The molecular formula is C8H5BrINO3. The lowest BCUT2D eigenvalue weighted by molar-refractivity contribution is -0.385. The summed E-state index contributed by atoms with van der Waals surface area (Å²) in [5.74, 6) is -0.121. The molecule has 0 heterocycles. The van der Waals surface area contributed by atoms with Crippen LogP contribution in [0.15, 0.2) is 16.6 Å². The van der Waals surface area contributed by atoms with Gasteiger partial charge in [0.15, 0.2) is 5.78 Å². The van der Waals surface area contributed by atoms with Crippen LogP contribution in [-0.4, -0.2) is 10.7 Å². The third-order valence-corrected chi connectivity index (χ3v) is 3.13. The maximum absolute atomic E-state index is 11.1. The maximum Gasteiger partial charge on any atom is 0.283 e. The van der Waals surface area contributed by atoms with Gasteiger partial charge in [-0.15, -0.1) is 0 Å². The van der Waals surface area contributed by atoms with Crippen LogP contribution in [0.1, 0.15) is 17.3 Å². The quantitative estimate of drug-likeness (QED) is 0.348. The molecule has 0 fully saturated rings. The summed E-state index contributed by atoms with van der Waals surface area (Å²) >= 11 is 4.96. The molecule has 0 N–H and O–H groups in total. The summed E-state index contributed by atoms with van der Waals surface area (Å²) in [6.45, 7) is 1.42. The van der Waals surface area contributed by atoms with Crippen LogP contribution >= 0.6 is 38.5 Å². The Hall–Kier alpha value is -0.500. The number of halogens is 2. The molecule has 0 aliphatic carbocycles. The van der Waals surface area contributed by atoms with Crippen molar-refractivity contribution in [3.8, 4) is 0 Å². The van der Waals surface area contributed by atoms with Crippen molar-refractivity contribution in [3.05, 3.63) is 35.9 Å². The van der Waals surface area contributed by atoms with Crippen molar-refractivity contribution >= 4 is 50.0 Å². The number of nitro groups is 1. The van der Waals surface area contributed by atoms with E-state index in [1.54, 1.807) is 0 Å². The van der Waals surface area contributed by atoms with Crippen LogP contribution in [0.25, 0.3) is 0 Å². The standard InChI is InChI=1S/C8H5BrINO3/c1-4(12)5-2-7(10)8(11(13)14)3-6(5)9/h2-3H,1H3. The third kappa shape index (κ3) is 2.30. The number of hydrogen-bond donors (Lipinski definition) is 0. The Morgan fingerprint density at radius 3 is 2.57 bits per heavy atom. The number of nitro benzene ring substituents is 1. The van der Waals surface area contributed by atoms with E-state index in [2.05, 4.69) is 15.9 Å². The number of nitrogens with zero attached hydrogens (tertiary/aromatic N) is 1. The summed E-state index contributed by atoms with van der Waals surface area (Å²) in [4.78, 5) is 21.2. The van der Waals surface area contributed by atoms with Crippen molar-refractivity contribution in [3.63, 3.8) is 0 Å².